The van der Waals surface area contributed by atoms with E-state index in [9.17, 15) is 4.79 Å². The molecule has 0 atom stereocenters. The largest absolute Gasteiger partial charge is 0.451 e. The van der Waals surface area contributed by atoms with Crippen molar-refractivity contribution in [2.45, 2.75) is 0 Å². The predicted molar refractivity (Wildman–Crippen MR) is 77.3 cm³/mol. The van der Waals surface area contributed by atoms with Crippen LogP contribution in [0.25, 0.3) is 11.0 Å². The number of likely N-dealkylation sites (N-methyl/N-ethyl adjacent to an activating group) is 1. The van der Waals surface area contributed by atoms with Crippen molar-refractivity contribution in [3.63, 3.8) is 0 Å². The van der Waals surface area contributed by atoms with Gasteiger partial charge in [-0.3, -0.25) is 4.79 Å². The summed E-state index contributed by atoms with van der Waals surface area (Å²) >= 11 is 3.42. The molecular weight excluding hydrogens is 308 g/mol. The summed E-state index contributed by atoms with van der Waals surface area (Å²) in [6.45, 7) is 3.35. The highest BCUT2D eigenvalue weighted by atomic mass is 79.9. The van der Waals surface area contributed by atoms with Crippen molar-refractivity contribution in [2.75, 3.05) is 33.2 Å². The van der Waals surface area contributed by atoms with Crippen LogP contribution >= 0.6 is 15.9 Å². The number of fused-ring (bicyclic) bond motifs is 1. The molecule has 0 spiro atoms. The standard InChI is InChI=1S/C14H15BrN2O2/c1-16-4-6-17(7-5-16)14(18)13-9-10-8-11(15)2-3-12(10)19-13/h2-3,8-9H,4-7H2,1H3. The third-order valence-electron chi connectivity index (χ3n) is 3.48. The normalized spacial score (nSPS) is 17.1. The zero-order valence-corrected chi connectivity index (χ0v) is 12.3. The SMILES string of the molecule is CN1CCN(C(=O)c2cc3cc(Br)ccc3o2)CC1. The summed E-state index contributed by atoms with van der Waals surface area (Å²) in [4.78, 5) is 16.4. The van der Waals surface area contributed by atoms with Crippen LogP contribution in [-0.4, -0.2) is 48.9 Å². The van der Waals surface area contributed by atoms with Gasteiger partial charge in [-0.1, -0.05) is 15.9 Å². The second-order valence-corrected chi connectivity index (χ2v) is 5.80. The molecule has 1 amide bonds. The van der Waals surface area contributed by atoms with Crippen LogP contribution in [0.2, 0.25) is 0 Å². The third-order valence-corrected chi connectivity index (χ3v) is 3.97. The van der Waals surface area contributed by atoms with Crippen LogP contribution in [0.3, 0.4) is 0 Å². The Kier molecular flexibility index (Phi) is 3.33. The minimum absolute atomic E-state index is 0.0135. The van der Waals surface area contributed by atoms with E-state index in [0.29, 0.717) is 5.76 Å². The zero-order valence-electron chi connectivity index (χ0n) is 10.7. The van der Waals surface area contributed by atoms with Gasteiger partial charge in [-0.15, -0.1) is 0 Å². The third kappa shape index (κ3) is 2.53. The monoisotopic (exact) mass is 322 g/mol. The minimum atomic E-state index is -0.0135. The van der Waals surface area contributed by atoms with Gasteiger partial charge in [0.1, 0.15) is 5.58 Å². The Morgan fingerprint density at radius 1 is 1.21 bits per heavy atom. The van der Waals surface area contributed by atoms with Crippen LogP contribution < -0.4 is 0 Å². The van der Waals surface area contributed by atoms with E-state index in [-0.39, 0.29) is 5.91 Å². The van der Waals surface area contributed by atoms with Crippen molar-refractivity contribution < 1.29 is 9.21 Å². The summed E-state index contributed by atoms with van der Waals surface area (Å²) in [5, 5.41) is 0.951. The Labute approximate surface area is 120 Å². The van der Waals surface area contributed by atoms with Gasteiger partial charge in [0.15, 0.2) is 5.76 Å². The number of benzene rings is 1. The maximum Gasteiger partial charge on any atom is 0.289 e. The number of nitrogens with zero attached hydrogens (tertiary/aromatic N) is 2. The lowest BCUT2D eigenvalue weighted by atomic mass is 10.2. The first-order chi connectivity index (χ1) is 9.13. The van der Waals surface area contributed by atoms with Gasteiger partial charge in [0, 0.05) is 36.0 Å². The van der Waals surface area contributed by atoms with Crippen molar-refractivity contribution in [2.24, 2.45) is 0 Å². The molecule has 0 bridgehead atoms. The molecule has 4 nitrogen and oxygen atoms in total. The maximum absolute atomic E-state index is 12.4. The quantitative estimate of drug-likeness (QED) is 0.809. The van der Waals surface area contributed by atoms with Crippen LogP contribution in [0.1, 0.15) is 10.6 Å². The Bertz CT molecular complexity index is 615. The molecule has 0 N–H and O–H groups in total. The summed E-state index contributed by atoms with van der Waals surface area (Å²) in [5.74, 6) is 0.415. The van der Waals surface area contributed by atoms with Gasteiger partial charge < -0.3 is 14.2 Å². The average molecular weight is 323 g/mol. The number of halogens is 1. The van der Waals surface area contributed by atoms with Crippen LogP contribution in [0.15, 0.2) is 33.2 Å². The van der Waals surface area contributed by atoms with E-state index in [2.05, 4.69) is 27.9 Å². The number of carbonyl (C=O) groups excluding carboxylic acids is 1. The molecule has 1 aliphatic heterocycles. The highest BCUT2D eigenvalue weighted by Crippen LogP contribution is 2.24. The van der Waals surface area contributed by atoms with Gasteiger partial charge in [-0.05, 0) is 31.3 Å². The molecule has 0 unspecified atom stereocenters. The molecular formula is C14H15BrN2O2. The fraction of sp³-hybridized carbons (Fsp3) is 0.357. The van der Waals surface area contributed by atoms with Gasteiger partial charge in [-0.25, -0.2) is 0 Å². The van der Waals surface area contributed by atoms with Crippen molar-refractivity contribution >= 4 is 32.8 Å². The molecule has 100 valence electrons. The fourth-order valence-corrected chi connectivity index (χ4v) is 2.66. The van der Waals surface area contributed by atoms with Crippen molar-refractivity contribution in [3.8, 4) is 0 Å². The Balaban J connectivity index is 1.85. The molecule has 1 fully saturated rings. The van der Waals surface area contributed by atoms with E-state index in [1.165, 1.54) is 0 Å². The van der Waals surface area contributed by atoms with Gasteiger partial charge in [-0.2, -0.15) is 0 Å². The molecule has 2 heterocycles. The maximum atomic E-state index is 12.4. The first-order valence-electron chi connectivity index (χ1n) is 6.30. The molecule has 1 aromatic heterocycles. The van der Waals surface area contributed by atoms with Gasteiger partial charge in [0.2, 0.25) is 0 Å². The molecule has 5 heteroatoms. The molecule has 2 aromatic rings. The second kappa shape index (κ2) is 4.98. The van der Waals surface area contributed by atoms with Gasteiger partial charge in [0.05, 0.1) is 0 Å². The van der Waals surface area contributed by atoms with E-state index in [1.807, 2.05) is 29.2 Å². The average Bonchev–Trinajstić information content (AvgIpc) is 2.81. The first kappa shape index (κ1) is 12.7. The summed E-state index contributed by atoms with van der Waals surface area (Å²) < 4.78 is 6.62. The lowest BCUT2D eigenvalue weighted by Crippen LogP contribution is -2.47. The molecule has 0 radical (unpaired) electrons. The lowest BCUT2D eigenvalue weighted by Gasteiger charge is -2.31. The van der Waals surface area contributed by atoms with E-state index in [0.717, 1.165) is 41.6 Å². The second-order valence-electron chi connectivity index (χ2n) is 4.89. The van der Waals surface area contributed by atoms with E-state index in [4.69, 9.17) is 4.42 Å². The van der Waals surface area contributed by atoms with E-state index in [1.54, 1.807) is 0 Å². The predicted octanol–water partition coefficient (Wildman–Crippen LogP) is 2.58. The number of amides is 1. The fourth-order valence-electron chi connectivity index (χ4n) is 2.28. The number of rotatable bonds is 1. The molecule has 0 aliphatic carbocycles. The van der Waals surface area contributed by atoms with Gasteiger partial charge >= 0.3 is 0 Å². The Hall–Kier alpha value is -1.33. The Morgan fingerprint density at radius 2 is 1.95 bits per heavy atom. The van der Waals surface area contributed by atoms with Crippen molar-refractivity contribution in [3.05, 3.63) is 34.5 Å². The van der Waals surface area contributed by atoms with Crippen LogP contribution in [0, 0.1) is 0 Å². The van der Waals surface area contributed by atoms with Gasteiger partial charge in [0.25, 0.3) is 5.91 Å². The summed E-state index contributed by atoms with van der Waals surface area (Å²) in [6, 6.07) is 7.57. The summed E-state index contributed by atoms with van der Waals surface area (Å²) in [7, 11) is 2.07. The van der Waals surface area contributed by atoms with Crippen molar-refractivity contribution in [1.29, 1.82) is 0 Å². The molecule has 19 heavy (non-hydrogen) atoms. The first-order valence-corrected chi connectivity index (χ1v) is 7.10. The lowest BCUT2D eigenvalue weighted by molar-refractivity contribution is 0.0635. The zero-order chi connectivity index (χ0) is 13.4. The Morgan fingerprint density at radius 3 is 2.68 bits per heavy atom. The van der Waals surface area contributed by atoms with Crippen molar-refractivity contribution in [1.82, 2.24) is 9.80 Å². The number of carbonyl (C=O) groups is 1. The molecule has 1 aromatic carbocycles. The summed E-state index contributed by atoms with van der Waals surface area (Å²) in [5.41, 5.74) is 0.751. The van der Waals surface area contributed by atoms with E-state index < -0.39 is 0 Å². The number of piperazine rings is 1. The molecule has 0 saturated carbocycles. The molecule has 3 rings (SSSR count). The highest BCUT2D eigenvalue weighted by molar-refractivity contribution is 9.10. The smallest absolute Gasteiger partial charge is 0.289 e. The number of hydrogen-bond acceptors (Lipinski definition) is 3. The number of hydrogen-bond donors (Lipinski definition) is 0. The highest BCUT2D eigenvalue weighted by Gasteiger charge is 2.23. The van der Waals surface area contributed by atoms with Crippen LogP contribution in [0.4, 0.5) is 0 Å². The van der Waals surface area contributed by atoms with Crippen LogP contribution in [0.5, 0.6) is 0 Å². The number of furan rings is 1. The minimum Gasteiger partial charge on any atom is -0.451 e. The molecule has 1 aliphatic rings. The van der Waals surface area contributed by atoms with Crippen LogP contribution in [-0.2, 0) is 0 Å². The summed E-state index contributed by atoms with van der Waals surface area (Å²) in [6.07, 6.45) is 0. The van der Waals surface area contributed by atoms with E-state index >= 15 is 0 Å². The topological polar surface area (TPSA) is 36.7 Å². The molecule has 1 saturated heterocycles.